The van der Waals surface area contributed by atoms with E-state index in [0.717, 1.165) is 11.1 Å². The summed E-state index contributed by atoms with van der Waals surface area (Å²) in [5.74, 6) is -1.16. The maximum atomic E-state index is 13.4. The van der Waals surface area contributed by atoms with Crippen molar-refractivity contribution >= 4 is 33.6 Å². The zero-order chi connectivity index (χ0) is 29.0. The molecule has 0 radical (unpaired) electrons. The van der Waals surface area contributed by atoms with E-state index in [1.165, 1.54) is 21.3 Å². The van der Waals surface area contributed by atoms with E-state index in [1.807, 2.05) is 6.92 Å². The number of sulfonamides is 1. The number of nitrogens with zero attached hydrogens (tertiary/aromatic N) is 2. The third-order valence-electron chi connectivity index (χ3n) is 6.42. The lowest BCUT2D eigenvalue weighted by Gasteiger charge is -2.28. The Balaban J connectivity index is 1.81. The molecule has 1 aliphatic rings. The van der Waals surface area contributed by atoms with E-state index in [1.54, 1.807) is 71.3 Å². The van der Waals surface area contributed by atoms with Gasteiger partial charge in [-0.05, 0) is 70.4 Å². The molecule has 3 amide bonds. The van der Waals surface area contributed by atoms with Crippen molar-refractivity contribution in [1.29, 1.82) is 0 Å². The van der Waals surface area contributed by atoms with Gasteiger partial charge in [-0.3, -0.25) is 9.69 Å². The molecule has 1 heterocycles. The van der Waals surface area contributed by atoms with Crippen molar-refractivity contribution in [2.45, 2.75) is 69.5 Å². The summed E-state index contributed by atoms with van der Waals surface area (Å²) in [6.07, 6.45) is 1.00. The number of carbonyl (C=O) groups is 3. The first kappa shape index (κ1) is 30.1. The van der Waals surface area contributed by atoms with E-state index < -0.39 is 39.6 Å². The van der Waals surface area contributed by atoms with Crippen LogP contribution in [0.1, 0.15) is 44.7 Å². The first-order valence-corrected chi connectivity index (χ1v) is 14.3. The number of hydrogen-bond acceptors (Lipinski definition) is 6. The van der Waals surface area contributed by atoms with E-state index >= 15 is 0 Å². The van der Waals surface area contributed by atoms with E-state index in [0.29, 0.717) is 18.5 Å². The van der Waals surface area contributed by atoms with Gasteiger partial charge < -0.3 is 15.4 Å². The Morgan fingerprint density at radius 2 is 1.69 bits per heavy atom. The van der Waals surface area contributed by atoms with Crippen LogP contribution in [0.5, 0.6) is 0 Å². The lowest BCUT2D eigenvalue weighted by atomic mass is 10.0. The van der Waals surface area contributed by atoms with Crippen molar-refractivity contribution in [1.82, 2.24) is 14.9 Å². The summed E-state index contributed by atoms with van der Waals surface area (Å²) in [7, 11) is -0.722. The molecule has 2 atom stereocenters. The van der Waals surface area contributed by atoms with Gasteiger partial charge in [0.25, 0.3) is 0 Å². The molecular formula is C28H38N4O6S. The third-order valence-corrected chi connectivity index (χ3v) is 8.35. The van der Waals surface area contributed by atoms with E-state index in [9.17, 15) is 22.8 Å². The molecule has 1 saturated heterocycles. The molecule has 3 rings (SSSR count). The summed E-state index contributed by atoms with van der Waals surface area (Å²) in [5.41, 5.74) is 1.53. The Morgan fingerprint density at radius 3 is 2.26 bits per heavy atom. The molecule has 212 valence electrons. The van der Waals surface area contributed by atoms with Gasteiger partial charge in [0.1, 0.15) is 17.7 Å². The number of nitrogens with one attached hydrogen (secondary N) is 2. The fourth-order valence-electron chi connectivity index (χ4n) is 4.35. The first-order valence-electron chi connectivity index (χ1n) is 12.9. The quantitative estimate of drug-likeness (QED) is 0.480. The van der Waals surface area contributed by atoms with Crippen molar-refractivity contribution in [3.8, 4) is 0 Å². The molecule has 0 bridgehead atoms. The SMILES string of the molecule is CNC(=O)N(C)c1ccc(C[C@H](NC(=O)[C@@H]2CCCN2S(=O)(=O)c2ccc(C)cc2)C(=O)OC(C)(C)C)cc1. The van der Waals surface area contributed by atoms with Gasteiger partial charge in [0.05, 0.1) is 4.90 Å². The first-order chi connectivity index (χ1) is 18.2. The van der Waals surface area contributed by atoms with Crippen molar-refractivity contribution in [3.63, 3.8) is 0 Å². The topological polar surface area (TPSA) is 125 Å². The predicted molar refractivity (Wildman–Crippen MR) is 149 cm³/mol. The van der Waals surface area contributed by atoms with Gasteiger partial charge in [-0.1, -0.05) is 29.8 Å². The number of esters is 1. The van der Waals surface area contributed by atoms with Crippen LogP contribution in [0.4, 0.5) is 10.5 Å². The zero-order valence-corrected chi connectivity index (χ0v) is 24.2. The minimum atomic E-state index is -3.90. The standard InChI is InChI=1S/C28H38N4O6S/c1-19-9-15-22(16-10-19)39(36,37)32-17-7-8-24(32)25(33)30-23(26(34)38-28(2,3)4)18-20-11-13-21(14-12-20)31(6)27(35)29-5/h9-16,23-24H,7-8,17-18H2,1-6H3,(H,29,35)(H,30,33)/t23-,24-/m0/s1. The molecule has 2 aromatic rings. The molecule has 0 saturated carbocycles. The largest absolute Gasteiger partial charge is 0.458 e. The van der Waals surface area contributed by atoms with Crippen LogP contribution in [0.25, 0.3) is 0 Å². The van der Waals surface area contributed by atoms with Crippen molar-refractivity contribution in [3.05, 3.63) is 59.7 Å². The number of rotatable bonds is 8. The molecule has 39 heavy (non-hydrogen) atoms. The van der Waals surface area contributed by atoms with Crippen LogP contribution in [0.2, 0.25) is 0 Å². The molecule has 11 heteroatoms. The van der Waals surface area contributed by atoms with Gasteiger partial charge >= 0.3 is 12.0 Å². The van der Waals surface area contributed by atoms with Crippen LogP contribution in [-0.2, 0) is 30.8 Å². The molecule has 0 aromatic heterocycles. The van der Waals surface area contributed by atoms with Crippen LogP contribution >= 0.6 is 0 Å². The van der Waals surface area contributed by atoms with Gasteiger partial charge in [0.15, 0.2) is 0 Å². The molecule has 1 fully saturated rings. The number of urea groups is 1. The molecular weight excluding hydrogens is 520 g/mol. The highest BCUT2D eigenvalue weighted by atomic mass is 32.2. The van der Waals surface area contributed by atoms with Gasteiger partial charge in [-0.2, -0.15) is 4.31 Å². The minimum absolute atomic E-state index is 0.123. The number of ether oxygens (including phenoxy) is 1. The Bertz CT molecular complexity index is 1290. The van der Waals surface area contributed by atoms with Gasteiger partial charge in [-0.25, -0.2) is 18.0 Å². The van der Waals surface area contributed by atoms with E-state index in [-0.39, 0.29) is 23.9 Å². The number of hydrogen-bond donors (Lipinski definition) is 2. The second kappa shape index (κ2) is 12.2. The summed E-state index contributed by atoms with van der Waals surface area (Å²) in [4.78, 5) is 40.0. The highest BCUT2D eigenvalue weighted by Gasteiger charge is 2.41. The second-order valence-corrected chi connectivity index (χ2v) is 12.6. The number of aryl methyl sites for hydroxylation is 1. The summed E-state index contributed by atoms with van der Waals surface area (Å²) in [5, 5.41) is 5.32. The number of carbonyl (C=O) groups excluding carboxylic acids is 3. The lowest BCUT2D eigenvalue weighted by molar-refractivity contribution is -0.158. The van der Waals surface area contributed by atoms with Crippen LogP contribution in [0.15, 0.2) is 53.4 Å². The number of amides is 3. The van der Waals surface area contributed by atoms with E-state index in [4.69, 9.17) is 4.74 Å². The van der Waals surface area contributed by atoms with E-state index in [2.05, 4.69) is 10.6 Å². The summed E-state index contributed by atoms with van der Waals surface area (Å²) >= 11 is 0. The summed E-state index contributed by atoms with van der Waals surface area (Å²) in [6.45, 7) is 7.29. The van der Waals surface area contributed by atoms with Crippen LogP contribution in [-0.4, -0.2) is 69.0 Å². The van der Waals surface area contributed by atoms with Gasteiger partial charge in [0, 0.05) is 32.7 Å². The highest BCUT2D eigenvalue weighted by Crippen LogP contribution is 2.27. The van der Waals surface area contributed by atoms with Gasteiger partial charge in [0.2, 0.25) is 15.9 Å². The molecule has 10 nitrogen and oxygen atoms in total. The van der Waals surface area contributed by atoms with Crippen LogP contribution in [0, 0.1) is 6.92 Å². The fourth-order valence-corrected chi connectivity index (χ4v) is 6.00. The van der Waals surface area contributed by atoms with Crippen LogP contribution < -0.4 is 15.5 Å². The maximum Gasteiger partial charge on any atom is 0.329 e. The minimum Gasteiger partial charge on any atom is -0.458 e. The average molecular weight is 559 g/mol. The molecule has 0 unspecified atom stereocenters. The van der Waals surface area contributed by atoms with Crippen molar-refractivity contribution < 1.29 is 27.5 Å². The van der Waals surface area contributed by atoms with Crippen LogP contribution in [0.3, 0.4) is 0 Å². The number of benzene rings is 2. The maximum absolute atomic E-state index is 13.4. The molecule has 1 aliphatic heterocycles. The Hall–Kier alpha value is -3.44. The highest BCUT2D eigenvalue weighted by molar-refractivity contribution is 7.89. The average Bonchev–Trinajstić information content (AvgIpc) is 3.38. The Kier molecular flexibility index (Phi) is 9.39. The zero-order valence-electron chi connectivity index (χ0n) is 23.4. The third kappa shape index (κ3) is 7.57. The van der Waals surface area contributed by atoms with Crippen molar-refractivity contribution in [2.24, 2.45) is 0 Å². The smallest absolute Gasteiger partial charge is 0.329 e. The molecule has 0 aliphatic carbocycles. The lowest BCUT2D eigenvalue weighted by Crippen LogP contribution is -2.52. The second-order valence-electron chi connectivity index (χ2n) is 10.7. The monoisotopic (exact) mass is 558 g/mol. The fraction of sp³-hybridized carbons (Fsp3) is 0.464. The summed E-state index contributed by atoms with van der Waals surface area (Å²) in [6, 6.07) is 11.3. The Morgan fingerprint density at radius 1 is 1.08 bits per heavy atom. The number of anilines is 1. The molecule has 2 N–H and O–H groups in total. The summed E-state index contributed by atoms with van der Waals surface area (Å²) < 4.78 is 33.5. The molecule has 2 aromatic carbocycles. The van der Waals surface area contributed by atoms with Gasteiger partial charge in [-0.15, -0.1) is 0 Å². The normalized spacial score (nSPS) is 16.8. The predicted octanol–water partition coefficient (Wildman–Crippen LogP) is 2.99. The molecule has 0 spiro atoms. The van der Waals surface area contributed by atoms with Crippen molar-refractivity contribution in [2.75, 3.05) is 25.5 Å². The Labute approximate surface area is 230 Å².